The fourth-order valence-electron chi connectivity index (χ4n) is 2.48. The number of hydrogen-bond acceptors (Lipinski definition) is 3. The number of anilines is 1. The molecule has 1 unspecified atom stereocenters. The lowest BCUT2D eigenvalue weighted by Gasteiger charge is -2.19. The molecule has 0 amide bonds. The van der Waals surface area contributed by atoms with Crippen molar-refractivity contribution in [3.8, 4) is 0 Å². The molecular weight excluding hydrogens is 198 g/mol. The van der Waals surface area contributed by atoms with Gasteiger partial charge in [-0.3, -0.25) is 4.98 Å². The van der Waals surface area contributed by atoms with Gasteiger partial charge in [-0.05, 0) is 30.9 Å². The lowest BCUT2D eigenvalue weighted by molar-refractivity contribution is 0.530. The van der Waals surface area contributed by atoms with Crippen molar-refractivity contribution < 1.29 is 0 Å². The van der Waals surface area contributed by atoms with Crippen molar-refractivity contribution in [1.29, 1.82) is 0 Å². The van der Waals surface area contributed by atoms with Gasteiger partial charge in [0.15, 0.2) is 0 Å². The molecule has 16 heavy (non-hydrogen) atoms. The Kier molecular flexibility index (Phi) is 3.78. The molecule has 2 N–H and O–H groups in total. The SMILES string of the molecule is CCCC1CCN(c2ccnc(CN)c2)C1. The Labute approximate surface area is 97.7 Å². The first-order valence-corrected chi connectivity index (χ1v) is 6.23. The standard InChI is InChI=1S/C13H21N3/c1-2-3-11-5-7-16(10-11)13-4-6-15-12(8-13)9-14/h4,6,8,11H,2-3,5,7,9-10,14H2,1H3. The van der Waals surface area contributed by atoms with Gasteiger partial charge in [-0.15, -0.1) is 0 Å². The van der Waals surface area contributed by atoms with E-state index in [1.165, 1.54) is 38.0 Å². The molecule has 1 fully saturated rings. The van der Waals surface area contributed by atoms with E-state index in [2.05, 4.69) is 28.9 Å². The zero-order valence-electron chi connectivity index (χ0n) is 10.0. The van der Waals surface area contributed by atoms with E-state index in [0.717, 1.165) is 11.6 Å². The molecule has 1 atom stereocenters. The summed E-state index contributed by atoms with van der Waals surface area (Å²) in [6.07, 6.45) is 5.84. The van der Waals surface area contributed by atoms with Crippen LogP contribution in [0.25, 0.3) is 0 Å². The van der Waals surface area contributed by atoms with E-state index in [1.807, 2.05) is 6.20 Å². The predicted molar refractivity (Wildman–Crippen MR) is 67.4 cm³/mol. The van der Waals surface area contributed by atoms with Gasteiger partial charge in [-0.2, -0.15) is 0 Å². The second kappa shape index (κ2) is 5.30. The minimum Gasteiger partial charge on any atom is -0.371 e. The Balaban J connectivity index is 2.02. The lowest BCUT2D eigenvalue weighted by Crippen LogP contribution is -2.20. The van der Waals surface area contributed by atoms with Crippen molar-refractivity contribution in [3.05, 3.63) is 24.0 Å². The van der Waals surface area contributed by atoms with Gasteiger partial charge in [0.25, 0.3) is 0 Å². The van der Waals surface area contributed by atoms with Crippen LogP contribution in [0.2, 0.25) is 0 Å². The van der Waals surface area contributed by atoms with E-state index in [9.17, 15) is 0 Å². The van der Waals surface area contributed by atoms with Gasteiger partial charge in [0.05, 0.1) is 5.69 Å². The minimum absolute atomic E-state index is 0.528. The van der Waals surface area contributed by atoms with Gasteiger partial charge >= 0.3 is 0 Å². The molecule has 0 radical (unpaired) electrons. The van der Waals surface area contributed by atoms with Crippen LogP contribution in [0.3, 0.4) is 0 Å². The maximum Gasteiger partial charge on any atom is 0.0560 e. The fourth-order valence-corrected chi connectivity index (χ4v) is 2.48. The molecular formula is C13H21N3. The van der Waals surface area contributed by atoms with Crippen LogP contribution in [0.15, 0.2) is 18.3 Å². The van der Waals surface area contributed by atoms with Gasteiger partial charge in [-0.1, -0.05) is 13.3 Å². The molecule has 0 saturated carbocycles. The second-order valence-corrected chi connectivity index (χ2v) is 4.60. The van der Waals surface area contributed by atoms with Crippen LogP contribution in [0.4, 0.5) is 5.69 Å². The number of nitrogens with zero attached hydrogens (tertiary/aromatic N) is 2. The second-order valence-electron chi connectivity index (χ2n) is 4.60. The zero-order chi connectivity index (χ0) is 11.4. The Bertz CT molecular complexity index is 338. The summed E-state index contributed by atoms with van der Waals surface area (Å²) in [5.41, 5.74) is 7.88. The number of nitrogens with two attached hydrogens (primary N) is 1. The van der Waals surface area contributed by atoms with Crippen LogP contribution in [-0.2, 0) is 6.54 Å². The Morgan fingerprint density at radius 2 is 2.44 bits per heavy atom. The molecule has 2 rings (SSSR count). The molecule has 0 bridgehead atoms. The van der Waals surface area contributed by atoms with Gasteiger partial charge in [0.1, 0.15) is 0 Å². The van der Waals surface area contributed by atoms with Crippen LogP contribution >= 0.6 is 0 Å². The first kappa shape index (κ1) is 11.4. The van der Waals surface area contributed by atoms with Crippen molar-refractivity contribution in [1.82, 2.24) is 4.98 Å². The van der Waals surface area contributed by atoms with Crippen molar-refractivity contribution >= 4 is 5.69 Å². The van der Waals surface area contributed by atoms with E-state index in [-0.39, 0.29) is 0 Å². The normalized spacial score (nSPS) is 20.4. The Morgan fingerprint density at radius 1 is 1.56 bits per heavy atom. The van der Waals surface area contributed by atoms with Crippen LogP contribution in [0.1, 0.15) is 31.9 Å². The summed E-state index contributed by atoms with van der Waals surface area (Å²) in [5.74, 6) is 0.875. The number of rotatable bonds is 4. The highest BCUT2D eigenvalue weighted by molar-refractivity contribution is 5.47. The Morgan fingerprint density at radius 3 is 3.19 bits per heavy atom. The topological polar surface area (TPSA) is 42.2 Å². The molecule has 0 spiro atoms. The summed E-state index contributed by atoms with van der Waals surface area (Å²) in [5, 5.41) is 0. The zero-order valence-corrected chi connectivity index (χ0v) is 10.0. The highest BCUT2D eigenvalue weighted by Gasteiger charge is 2.21. The lowest BCUT2D eigenvalue weighted by atomic mass is 10.0. The maximum absolute atomic E-state index is 5.61. The molecule has 1 aliphatic rings. The highest BCUT2D eigenvalue weighted by atomic mass is 15.2. The maximum atomic E-state index is 5.61. The molecule has 1 aromatic heterocycles. The summed E-state index contributed by atoms with van der Waals surface area (Å²) in [6.45, 7) is 5.17. The minimum atomic E-state index is 0.528. The fraction of sp³-hybridized carbons (Fsp3) is 0.615. The van der Waals surface area contributed by atoms with Gasteiger partial charge in [0, 0.05) is 31.5 Å². The van der Waals surface area contributed by atoms with Crippen molar-refractivity contribution in [2.45, 2.75) is 32.7 Å². The van der Waals surface area contributed by atoms with E-state index in [4.69, 9.17) is 5.73 Å². The van der Waals surface area contributed by atoms with E-state index in [1.54, 1.807) is 0 Å². The third-order valence-corrected chi connectivity index (χ3v) is 3.36. The first-order valence-electron chi connectivity index (χ1n) is 6.23. The summed E-state index contributed by atoms with van der Waals surface area (Å²) >= 11 is 0. The highest BCUT2D eigenvalue weighted by Crippen LogP contribution is 2.26. The van der Waals surface area contributed by atoms with Crippen LogP contribution in [-0.4, -0.2) is 18.1 Å². The average molecular weight is 219 g/mol. The molecule has 1 aliphatic heterocycles. The summed E-state index contributed by atoms with van der Waals surface area (Å²) < 4.78 is 0. The quantitative estimate of drug-likeness (QED) is 0.844. The number of hydrogen-bond donors (Lipinski definition) is 1. The smallest absolute Gasteiger partial charge is 0.0560 e. The number of pyridine rings is 1. The molecule has 2 heterocycles. The van der Waals surface area contributed by atoms with Gasteiger partial charge in [0.2, 0.25) is 0 Å². The van der Waals surface area contributed by atoms with E-state index < -0.39 is 0 Å². The molecule has 0 aliphatic carbocycles. The summed E-state index contributed by atoms with van der Waals surface area (Å²) in [6, 6.07) is 4.21. The Hall–Kier alpha value is -1.09. The summed E-state index contributed by atoms with van der Waals surface area (Å²) in [4.78, 5) is 6.69. The molecule has 3 heteroatoms. The summed E-state index contributed by atoms with van der Waals surface area (Å²) in [7, 11) is 0. The monoisotopic (exact) mass is 219 g/mol. The van der Waals surface area contributed by atoms with Gasteiger partial charge < -0.3 is 10.6 Å². The molecule has 1 saturated heterocycles. The molecule has 3 nitrogen and oxygen atoms in total. The number of aromatic nitrogens is 1. The predicted octanol–water partition coefficient (Wildman–Crippen LogP) is 2.17. The van der Waals surface area contributed by atoms with E-state index in [0.29, 0.717) is 6.54 Å². The van der Waals surface area contributed by atoms with E-state index >= 15 is 0 Å². The molecule has 1 aromatic rings. The van der Waals surface area contributed by atoms with Crippen molar-refractivity contribution in [3.63, 3.8) is 0 Å². The third kappa shape index (κ3) is 2.53. The van der Waals surface area contributed by atoms with Crippen LogP contribution < -0.4 is 10.6 Å². The van der Waals surface area contributed by atoms with Gasteiger partial charge in [-0.25, -0.2) is 0 Å². The molecule has 88 valence electrons. The third-order valence-electron chi connectivity index (χ3n) is 3.36. The van der Waals surface area contributed by atoms with Crippen LogP contribution in [0.5, 0.6) is 0 Å². The average Bonchev–Trinajstić information content (AvgIpc) is 2.78. The molecule has 0 aromatic carbocycles. The largest absolute Gasteiger partial charge is 0.371 e. The van der Waals surface area contributed by atoms with Crippen molar-refractivity contribution in [2.75, 3.05) is 18.0 Å². The van der Waals surface area contributed by atoms with Crippen LogP contribution in [0, 0.1) is 5.92 Å². The van der Waals surface area contributed by atoms with Crippen molar-refractivity contribution in [2.24, 2.45) is 11.7 Å². The first-order chi connectivity index (χ1) is 7.83.